The highest BCUT2D eigenvalue weighted by Gasteiger charge is 2.36. The fraction of sp³-hybridized carbons (Fsp3) is 0.900. The van der Waals surface area contributed by atoms with Gasteiger partial charge in [0.25, 0.3) is 0 Å². The zero-order valence-corrected chi connectivity index (χ0v) is 8.20. The van der Waals surface area contributed by atoms with E-state index in [9.17, 15) is 4.79 Å². The molecule has 0 aromatic rings. The second kappa shape index (κ2) is 3.29. The molecular formula is C10H18N2O. The molecule has 1 unspecified atom stereocenters. The number of rotatable bonds is 0. The van der Waals surface area contributed by atoms with Crippen LogP contribution in [0, 0.1) is 5.92 Å². The Morgan fingerprint density at radius 2 is 2.15 bits per heavy atom. The van der Waals surface area contributed by atoms with Gasteiger partial charge in [-0.2, -0.15) is 0 Å². The zero-order valence-electron chi connectivity index (χ0n) is 8.20. The smallest absolute Gasteiger partial charge is 0.222 e. The molecule has 0 aromatic carbocycles. The van der Waals surface area contributed by atoms with E-state index in [1.54, 1.807) is 0 Å². The number of likely N-dealkylation sites (tertiary alicyclic amines) is 1. The highest BCUT2D eigenvalue weighted by Crippen LogP contribution is 2.34. The predicted molar refractivity (Wildman–Crippen MR) is 51.1 cm³/mol. The number of amides is 1. The predicted octanol–water partition coefficient (Wildman–Crippen LogP) is 0.735. The third-order valence-corrected chi connectivity index (χ3v) is 3.62. The molecule has 2 aliphatic rings. The van der Waals surface area contributed by atoms with Crippen LogP contribution in [-0.4, -0.2) is 29.9 Å². The number of piperidine rings is 1. The Labute approximate surface area is 79.3 Å². The fourth-order valence-corrected chi connectivity index (χ4v) is 2.72. The lowest BCUT2D eigenvalue weighted by molar-refractivity contribution is -0.138. The summed E-state index contributed by atoms with van der Waals surface area (Å²) < 4.78 is 0. The van der Waals surface area contributed by atoms with Crippen LogP contribution in [-0.2, 0) is 4.79 Å². The van der Waals surface area contributed by atoms with Crippen LogP contribution in [0.15, 0.2) is 0 Å². The van der Waals surface area contributed by atoms with E-state index in [-0.39, 0.29) is 0 Å². The summed E-state index contributed by atoms with van der Waals surface area (Å²) in [7, 11) is 1.93. The minimum Gasteiger partial charge on any atom is -0.342 e. The van der Waals surface area contributed by atoms with Crippen LogP contribution in [0.3, 0.4) is 0 Å². The van der Waals surface area contributed by atoms with Crippen molar-refractivity contribution < 1.29 is 4.79 Å². The van der Waals surface area contributed by atoms with Gasteiger partial charge in [-0.25, -0.2) is 0 Å². The first-order valence-corrected chi connectivity index (χ1v) is 5.19. The van der Waals surface area contributed by atoms with Gasteiger partial charge in [-0.3, -0.25) is 4.79 Å². The summed E-state index contributed by atoms with van der Waals surface area (Å²) >= 11 is 0. The molecule has 1 saturated heterocycles. The quantitative estimate of drug-likeness (QED) is 0.600. The van der Waals surface area contributed by atoms with Gasteiger partial charge in [-0.15, -0.1) is 0 Å². The van der Waals surface area contributed by atoms with Gasteiger partial charge in [-0.05, 0) is 31.6 Å². The molecule has 2 fully saturated rings. The van der Waals surface area contributed by atoms with E-state index in [1.807, 2.05) is 11.9 Å². The normalized spacial score (nSPS) is 40.3. The van der Waals surface area contributed by atoms with E-state index in [0.29, 0.717) is 18.0 Å². The lowest BCUT2D eigenvalue weighted by Gasteiger charge is -2.43. The Morgan fingerprint density at radius 3 is 2.92 bits per heavy atom. The van der Waals surface area contributed by atoms with Gasteiger partial charge < -0.3 is 10.6 Å². The van der Waals surface area contributed by atoms with Crippen LogP contribution in [0.5, 0.6) is 0 Å². The van der Waals surface area contributed by atoms with Crippen molar-refractivity contribution >= 4 is 5.91 Å². The van der Waals surface area contributed by atoms with E-state index in [1.165, 1.54) is 6.42 Å². The Balaban J connectivity index is 2.08. The monoisotopic (exact) mass is 182 g/mol. The molecule has 1 heterocycles. The lowest BCUT2D eigenvalue weighted by atomic mass is 9.76. The number of carbonyl (C=O) groups is 1. The lowest BCUT2D eigenvalue weighted by Crippen LogP contribution is -2.51. The van der Waals surface area contributed by atoms with Crippen molar-refractivity contribution in [2.75, 3.05) is 7.05 Å². The molecule has 1 aliphatic carbocycles. The molecule has 0 spiro atoms. The molecule has 3 atom stereocenters. The van der Waals surface area contributed by atoms with Crippen LogP contribution < -0.4 is 5.73 Å². The van der Waals surface area contributed by atoms with E-state index < -0.39 is 0 Å². The summed E-state index contributed by atoms with van der Waals surface area (Å²) in [6, 6.07) is 0.750. The van der Waals surface area contributed by atoms with Crippen molar-refractivity contribution in [2.24, 2.45) is 11.7 Å². The molecule has 13 heavy (non-hydrogen) atoms. The molecule has 3 nitrogen and oxygen atoms in total. The maximum atomic E-state index is 11.4. The number of fused-ring (bicyclic) bond motifs is 1. The number of hydrogen-bond donors (Lipinski definition) is 1. The molecular weight excluding hydrogens is 164 g/mol. The topological polar surface area (TPSA) is 46.3 Å². The van der Waals surface area contributed by atoms with E-state index in [0.717, 1.165) is 31.6 Å². The molecule has 74 valence electrons. The van der Waals surface area contributed by atoms with Gasteiger partial charge in [0.15, 0.2) is 0 Å². The maximum Gasteiger partial charge on any atom is 0.222 e. The molecule has 2 rings (SSSR count). The van der Waals surface area contributed by atoms with Gasteiger partial charge in [0.1, 0.15) is 0 Å². The van der Waals surface area contributed by atoms with Gasteiger partial charge in [0, 0.05) is 25.6 Å². The van der Waals surface area contributed by atoms with E-state index >= 15 is 0 Å². The van der Waals surface area contributed by atoms with Crippen molar-refractivity contribution in [2.45, 2.75) is 44.2 Å². The number of carbonyl (C=O) groups excluding carboxylic acids is 1. The molecule has 1 saturated carbocycles. The SMILES string of the molecule is CN1C(=O)CC[C@@H]2CCC(N)C[C@@H]21. The van der Waals surface area contributed by atoms with Crippen LogP contribution in [0.4, 0.5) is 0 Å². The van der Waals surface area contributed by atoms with Gasteiger partial charge >= 0.3 is 0 Å². The van der Waals surface area contributed by atoms with Crippen molar-refractivity contribution in [3.63, 3.8) is 0 Å². The molecule has 0 aromatic heterocycles. The first-order chi connectivity index (χ1) is 6.18. The van der Waals surface area contributed by atoms with E-state index in [2.05, 4.69) is 0 Å². The Bertz CT molecular complexity index is 217. The van der Waals surface area contributed by atoms with Crippen LogP contribution >= 0.6 is 0 Å². The highest BCUT2D eigenvalue weighted by molar-refractivity contribution is 5.77. The van der Waals surface area contributed by atoms with Crippen LogP contribution in [0.2, 0.25) is 0 Å². The van der Waals surface area contributed by atoms with Gasteiger partial charge in [-0.1, -0.05) is 0 Å². The fourth-order valence-electron chi connectivity index (χ4n) is 2.72. The van der Waals surface area contributed by atoms with Gasteiger partial charge in [0.2, 0.25) is 5.91 Å². The Kier molecular flexibility index (Phi) is 2.28. The molecule has 1 aliphatic heterocycles. The van der Waals surface area contributed by atoms with Crippen molar-refractivity contribution in [3.8, 4) is 0 Å². The highest BCUT2D eigenvalue weighted by atomic mass is 16.2. The summed E-state index contributed by atoms with van der Waals surface area (Å²) in [5, 5.41) is 0. The van der Waals surface area contributed by atoms with Crippen molar-refractivity contribution in [1.82, 2.24) is 4.90 Å². The van der Waals surface area contributed by atoms with Crippen LogP contribution in [0.25, 0.3) is 0 Å². The second-order valence-corrected chi connectivity index (χ2v) is 4.44. The van der Waals surface area contributed by atoms with Crippen molar-refractivity contribution in [1.29, 1.82) is 0 Å². The molecule has 3 heteroatoms. The maximum absolute atomic E-state index is 11.4. The first-order valence-electron chi connectivity index (χ1n) is 5.19. The average Bonchev–Trinajstić information content (AvgIpc) is 2.12. The number of nitrogens with zero attached hydrogens (tertiary/aromatic N) is 1. The van der Waals surface area contributed by atoms with Crippen LogP contribution in [0.1, 0.15) is 32.1 Å². The Hall–Kier alpha value is -0.570. The van der Waals surface area contributed by atoms with Crippen molar-refractivity contribution in [3.05, 3.63) is 0 Å². The number of hydrogen-bond acceptors (Lipinski definition) is 2. The molecule has 1 amide bonds. The number of nitrogens with two attached hydrogens (primary N) is 1. The standard InChI is InChI=1S/C10H18N2O/c1-12-9-6-8(11)4-2-7(9)3-5-10(12)13/h7-9H,2-6,11H2,1H3/t7-,8?,9-/m0/s1. The summed E-state index contributed by atoms with van der Waals surface area (Å²) in [5.74, 6) is 1.03. The second-order valence-electron chi connectivity index (χ2n) is 4.44. The van der Waals surface area contributed by atoms with E-state index in [4.69, 9.17) is 5.73 Å². The summed E-state index contributed by atoms with van der Waals surface area (Å²) in [6.45, 7) is 0. The third kappa shape index (κ3) is 1.57. The minimum atomic E-state index is 0.301. The third-order valence-electron chi connectivity index (χ3n) is 3.62. The molecule has 0 radical (unpaired) electrons. The summed E-state index contributed by atoms with van der Waals surface area (Å²) in [4.78, 5) is 13.4. The Morgan fingerprint density at radius 1 is 1.38 bits per heavy atom. The molecule has 0 bridgehead atoms. The summed E-state index contributed by atoms with van der Waals surface area (Å²) in [5.41, 5.74) is 5.91. The van der Waals surface area contributed by atoms with Gasteiger partial charge in [0.05, 0.1) is 0 Å². The summed E-state index contributed by atoms with van der Waals surface area (Å²) in [6.07, 6.45) is 5.19. The zero-order chi connectivity index (χ0) is 9.42. The minimum absolute atomic E-state index is 0.301. The first kappa shape index (κ1) is 9.00. The molecule has 2 N–H and O–H groups in total. The largest absolute Gasteiger partial charge is 0.342 e. The average molecular weight is 182 g/mol.